The van der Waals surface area contributed by atoms with Crippen LogP contribution in [0.4, 0.5) is 14.5 Å². The monoisotopic (exact) mass is 300 g/mol. The fraction of sp³-hybridized carbons (Fsp3) is 0.118. The number of amides is 1. The third-order valence-electron chi connectivity index (χ3n) is 3.75. The number of carbonyl (C=O) groups excluding carboxylic acids is 1. The Morgan fingerprint density at radius 1 is 1.05 bits per heavy atom. The molecule has 112 valence electrons. The number of halogens is 2. The Hall–Kier alpha value is -2.69. The number of nitrogens with one attached hydrogen (secondary N) is 2. The summed E-state index contributed by atoms with van der Waals surface area (Å²) in [5.41, 5.74) is 3.76. The van der Waals surface area contributed by atoms with E-state index in [0.717, 1.165) is 34.3 Å². The maximum Gasteiger partial charge on any atom is 0.255 e. The maximum absolute atomic E-state index is 13.2. The molecule has 0 unspecified atom stereocenters. The molecular formula is C17H14F2N2O. The highest BCUT2D eigenvalue weighted by molar-refractivity contribution is 6.06. The highest BCUT2D eigenvalue weighted by Crippen LogP contribution is 2.23. The first-order valence-corrected chi connectivity index (χ1v) is 6.81. The van der Waals surface area contributed by atoms with Gasteiger partial charge in [0, 0.05) is 33.9 Å². The Morgan fingerprint density at radius 3 is 2.55 bits per heavy atom. The Labute approximate surface area is 126 Å². The minimum atomic E-state index is -0.995. The molecule has 0 fully saturated rings. The van der Waals surface area contributed by atoms with E-state index in [1.165, 1.54) is 6.07 Å². The molecule has 0 saturated heterocycles. The zero-order valence-electron chi connectivity index (χ0n) is 12.1. The number of aryl methyl sites for hydroxylation is 2. The van der Waals surface area contributed by atoms with Crippen LogP contribution in [0.15, 0.2) is 36.4 Å². The third kappa shape index (κ3) is 2.45. The predicted molar refractivity (Wildman–Crippen MR) is 82.1 cm³/mol. The van der Waals surface area contributed by atoms with Gasteiger partial charge in [-0.3, -0.25) is 4.79 Å². The van der Waals surface area contributed by atoms with Gasteiger partial charge in [-0.05, 0) is 49.7 Å². The number of H-pyrrole nitrogens is 1. The summed E-state index contributed by atoms with van der Waals surface area (Å²) in [4.78, 5) is 15.5. The molecule has 3 nitrogen and oxygen atoms in total. The topological polar surface area (TPSA) is 44.9 Å². The van der Waals surface area contributed by atoms with Crippen molar-refractivity contribution in [3.63, 3.8) is 0 Å². The van der Waals surface area contributed by atoms with Crippen LogP contribution in [0.3, 0.4) is 0 Å². The molecule has 2 aromatic carbocycles. The fourth-order valence-electron chi connectivity index (χ4n) is 2.38. The van der Waals surface area contributed by atoms with E-state index < -0.39 is 11.6 Å². The predicted octanol–water partition coefficient (Wildman–Crippen LogP) is 4.32. The number of rotatable bonds is 2. The molecule has 0 spiro atoms. The highest BCUT2D eigenvalue weighted by atomic mass is 19.2. The Balaban J connectivity index is 1.91. The van der Waals surface area contributed by atoms with E-state index in [0.29, 0.717) is 5.56 Å². The molecule has 0 saturated carbocycles. The summed E-state index contributed by atoms with van der Waals surface area (Å²) in [6.45, 7) is 3.95. The van der Waals surface area contributed by atoms with E-state index in [-0.39, 0.29) is 11.6 Å². The van der Waals surface area contributed by atoms with Gasteiger partial charge in [-0.25, -0.2) is 8.78 Å². The second-order valence-electron chi connectivity index (χ2n) is 5.22. The van der Waals surface area contributed by atoms with Crippen LogP contribution in [0.5, 0.6) is 0 Å². The molecule has 3 rings (SSSR count). The van der Waals surface area contributed by atoms with E-state index in [1.807, 2.05) is 19.9 Å². The minimum Gasteiger partial charge on any atom is -0.358 e. The van der Waals surface area contributed by atoms with Crippen molar-refractivity contribution in [1.82, 2.24) is 4.98 Å². The third-order valence-corrected chi connectivity index (χ3v) is 3.75. The van der Waals surface area contributed by atoms with Crippen LogP contribution in [0.25, 0.3) is 10.9 Å². The molecule has 5 heteroatoms. The van der Waals surface area contributed by atoms with Crippen LogP contribution in [-0.2, 0) is 0 Å². The van der Waals surface area contributed by atoms with Gasteiger partial charge in [-0.1, -0.05) is 0 Å². The van der Waals surface area contributed by atoms with Crippen molar-refractivity contribution in [2.45, 2.75) is 13.8 Å². The number of hydrogen-bond donors (Lipinski definition) is 2. The quantitative estimate of drug-likeness (QED) is 0.727. The summed E-state index contributed by atoms with van der Waals surface area (Å²) in [7, 11) is 0. The molecule has 2 N–H and O–H groups in total. The number of hydrogen-bond acceptors (Lipinski definition) is 1. The number of aromatic amines is 1. The van der Waals surface area contributed by atoms with Crippen molar-refractivity contribution >= 4 is 22.5 Å². The van der Waals surface area contributed by atoms with Crippen LogP contribution >= 0.6 is 0 Å². The van der Waals surface area contributed by atoms with Crippen molar-refractivity contribution in [2.75, 3.05) is 5.32 Å². The van der Waals surface area contributed by atoms with Crippen molar-refractivity contribution in [3.05, 3.63) is 64.9 Å². The Bertz CT molecular complexity index is 884. The Morgan fingerprint density at radius 2 is 1.82 bits per heavy atom. The van der Waals surface area contributed by atoms with Gasteiger partial charge in [0.1, 0.15) is 0 Å². The van der Waals surface area contributed by atoms with Crippen LogP contribution in [-0.4, -0.2) is 10.9 Å². The van der Waals surface area contributed by atoms with E-state index >= 15 is 0 Å². The zero-order chi connectivity index (χ0) is 15.9. The first-order chi connectivity index (χ1) is 10.5. The molecule has 0 radical (unpaired) electrons. The highest BCUT2D eigenvalue weighted by Gasteiger charge is 2.11. The lowest BCUT2D eigenvalue weighted by Gasteiger charge is -2.06. The standard InChI is InChI=1S/C17H14F2N2O/c1-9-10(2)20-16-6-3-11(7-13(9)16)17(22)21-12-4-5-14(18)15(19)8-12/h3-8,20H,1-2H3,(H,21,22). The molecule has 1 aromatic heterocycles. The number of anilines is 1. The van der Waals surface area contributed by atoms with Gasteiger partial charge in [0.15, 0.2) is 11.6 Å². The minimum absolute atomic E-state index is 0.214. The summed E-state index contributed by atoms with van der Waals surface area (Å²) in [5.74, 6) is -2.31. The fourth-order valence-corrected chi connectivity index (χ4v) is 2.38. The van der Waals surface area contributed by atoms with Crippen molar-refractivity contribution in [2.24, 2.45) is 0 Å². The number of aromatic nitrogens is 1. The molecule has 0 bridgehead atoms. The van der Waals surface area contributed by atoms with Gasteiger partial charge in [0.25, 0.3) is 5.91 Å². The first-order valence-electron chi connectivity index (χ1n) is 6.81. The molecule has 0 atom stereocenters. The molecule has 0 aliphatic heterocycles. The lowest BCUT2D eigenvalue weighted by atomic mass is 10.1. The summed E-state index contributed by atoms with van der Waals surface area (Å²) in [6, 6.07) is 8.55. The lowest BCUT2D eigenvalue weighted by molar-refractivity contribution is 0.102. The summed E-state index contributed by atoms with van der Waals surface area (Å²) in [6.07, 6.45) is 0. The molecule has 0 aliphatic carbocycles. The van der Waals surface area contributed by atoms with E-state index in [9.17, 15) is 13.6 Å². The van der Waals surface area contributed by atoms with E-state index in [1.54, 1.807) is 12.1 Å². The normalized spacial score (nSPS) is 10.9. The van der Waals surface area contributed by atoms with Crippen molar-refractivity contribution in [1.29, 1.82) is 0 Å². The van der Waals surface area contributed by atoms with Gasteiger partial charge < -0.3 is 10.3 Å². The van der Waals surface area contributed by atoms with Crippen molar-refractivity contribution in [3.8, 4) is 0 Å². The van der Waals surface area contributed by atoms with Gasteiger partial charge in [0.05, 0.1) is 0 Å². The SMILES string of the molecule is Cc1[nH]c2ccc(C(=O)Nc3ccc(F)c(F)c3)cc2c1C. The maximum atomic E-state index is 13.2. The molecule has 1 heterocycles. The zero-order valence-corrected chi connectivity index (χ0v) is 12.1. The van der Waals surface area contributed by atoms with Gasteiger partial charge in [0.2, 0.25) is 0 Å². The first kappa shape index (κ1) is 14.3. The summed E-state index contributed by atoms with van der Waals surface area (Å²) in [5, 5.41) is 3.53. The number of benzene rings is 2. The smallest absolute Gasteiger partial charge is 0.255 e. The van der Waals surface area contributed by atoms with Crippen LogP contribution in [0.1, 0.15) is 21.6 Å². The molecular weight excluding hydrogens is 286 g/mol. The number of fused-ring (bicyclic) bond motifs is 1. The second kappa shape index (κ2) is 5.26. The van der Waals surface area contributed by atoms with Crippen LogP contribution < -0.4 is 5.32 Å². The lowest BCUT2D eigenvalue weighted by Crippen LogP contribution is -2.12. The van der Waals surface area contributed by atoms with Crippen LogP contribution in [0, 0.1) is 25.5 Å². The average molecular weight is 300 g/mol. The number of carbonyl (C=O) groups is 1. The Kier molecular flexibility index (Phi) is 3.41. The average Bonchev–Trinajstić information content (AvgIpc) is 2.78. The van der Waals surface area contributed by atoms with Gasteiger partial charge >= 0.3 is 0 Å². The summed E-state index contributed by atoms with van der Waals surface area (Å²) < 4.78 is 26.1. The largest absolute Gasteiger partial charge is 0.358 e. The molecule has 0 aliphatic rings. The summed E-state index contributed by atoms with van der Waals surface area (Å²) >= 11 is 0. The van der Waals surface area contributed by atoms with Gasteiger partial charge in [-0.15, -0.1) is 0 Å². The molecule has 1 amide bonds. The van der Waals surface area contributed by atoms with E-state index in [2.05, 4.69) is 10.3 Å². The van der Waals surface area contributed by atoms with Crippen molar-refractivity contribution < 1.29 is 13.6 Å². The molecule has 22 heavy (non-hydrogen) atoms. The molecule has 3 aromatic rings. The van der Waals surface area contributed by atoms with Gasteiger partial charge in [-0.2, -0.15) is 0 Å². The van der Waals surface area contributed by atoms with Crippen LogP contribution in [0.2, 0.25) is 0 Å². The second-order valence-corrected chi connectivity index (χ2v) is 5.22. The van der Waals surface area contributed by atoms with E-state index in [4.69, 9.17) is 0 Å².